The summed E-state index contributed by atoms with van der Waals surface area (Å²) < 4.78 is 0. The number of nitrogens with one attached hydrogen (secondary N) is 2. The van der Waals surface area contributed by atoms with Crippen LogP contribution in [0.5, 0.6) is 0 Å². The fourth-order valence-corrected chi connectivity index (χ4v) is 1.27. The Hall–Kier alpha value is -1.84. The minimum atomic E-state index is -0.455. The Bertz CT molecular complexity index is 363. The first kappa shape index (κ1) is 12.2. The van der Waals surface area contributed by atoms with Crippen LogP contribution in [0.4, 0.5) is 4.79 Å². The summed E-state index contributed by atoms with van der Waals surface area (Å²) in [5.74, 6) is -0.280. The van der Waals surface area contributed by atoms with Gasteiger partial charge < -0.3 is 5.32 Å². The summed E-state index contributed by atoms with van der Waals surface area (Å²) in [7, 11) is 0. The maximum atomic E-state index is 11.4. The number of amides is 3. The molecule has 1 aromatic rings. The number of hydrogen-bond donors (Lipinski definition) is 2. The molecule has 3 amide bonds. The number of hydrogen-bond acceptors (Lipinski definition) is 2. The van der Waals surface area contributed by atoms with Crippen molar-refractivity contribution in [1.82, 2.24) is 10.6 Å². The molecule has 0 saturated carbocycles. The van der Waals surface area contributed by atoms with E-state index in [-0.39, 0.29) is 11.9 Å². The SMILES string of the molecule is CCC(=O)NC(=O)NC(C)c1ccccc1. The monoisotopic (exact) mass is 220 g/mol. The Labute approximate surface area is 95.0 Å². The minimum Gasteiger partial charge on any atom is -0.331 e. The zero-order valence-corrected chi connectivity index (χ0v) is 9.49. The second-order valence-electron chi connectivity index (χ2n) is 3.51. The molecule has 1 atom stereocenters. The van der Waals surface area contributed by atoms with Gasteiger partial charge in [0.2, 0.25) is 5.91 Å². The van der Waals surface area contributed by atoms with E-state index < -0.39 is 6.03 Å². The van der Waals surface area contributed by atoms with Crippen LogP contribution in [0, 0.1) is 0 Å². The van der Waals surface area contributed by atoms with Crippen molar-refractivity contribution < 1.29 is 9.59 Å². The summed E-state index contributed by atoms with van der Waals surface area (Å²) >= 11 is 0. The molecule has 0 radical (unpaired) electrons. The van der Waals surface area contributed by atoms with Gasteiger partial charge in [0, 0.05) is 6.42 Å². The van der Waals surface area contributed by atoms with Gasteiger partial charge in [0.15, 0.2) is 0 Å². The van der Waals surface area contributed by atoms with E-state index in [0.717, 1.165) is 5.56 Å². The number of urea groups is 1. The van der Waals surface area contributed by atoms with E-state index >= 15 is 0 Å². The molecule has 0 aliphatic rings. The standard InChI is InChI=1S/C12H16N2O2/c1-3-11(15)14-12(16)13-9(2)10-7-5-4-6-8-10/h4-9H,3H2,1-2H3,(H2,13,14,15,16). The van der Waals surface area contributed by atoms with E-state index in [4.69, 9.17) is 0 Å². The van der Waals surface area contributed by atoms with Crippen LogP contribution in [-0.2, 0) is 4.79 Å². The lowest BCUT2D eigenvalue weighted by Crippen LogP contribution is -2.40. The van der Waals surface area contributed by atoms with E-state index in [1.54, 1.807) is 6.92 Å². The maximum Gasteiger partial charge on any atom is 0.321 e. The van der Waals surface area contributed by atoms with Crippen molar-refractivity contribution in [2.75, 3.05) is 0 Å². The van der Waals surface area contributed by atoms with E-state index in [2.05, 4.69) is 10.6 Å². The molecule has 4 nitrogen and oxygen atoms in total. The zero-order chi connectivity index (χ0) is 12.0. The summed E-state index contributed by atoms with van der Waals surface area (Å²) in [5, 5.41) is 4.93. The van der Waals surface area contributed by atoms with Crippen LogP contribution in [0.2, 0.25) is 0 Å². The van der Waals surface area contributed by atoms with Crippen molar-refractivity contribution in [2.24, 2.45) is 0 Å². The van der Waals surface area contributed by atoms with Gasteiger partial charge in [0.25, 0.3) is 0 Å². The normalized spacial score (nSPS) is 11.6. The molecule has 2 N–H and O–H groups in total. The average molecular weight is 220 g/mol. The summed E-state index contributed by atoms with van der Waals surface area (Å²) in [6.07, 6.45) is 0.299. The Morgan fingerprint density at radius 1 is 1.25 bits per heavy atom. The Morgan fingerprint density at radius 2 is 1.88 bits per heavy atom. The Kier molecular flexibility index (Phi) is 4.51. The van der Waals surface area contributed by atoms with Gasteiger partial charge in [-0.25, -0.2) is 4.79 Å². The van der Waals surface area contributed by atoms with E-state index in [9.17, 15) is 9.59 Å². The number of carbonyl (C=O) groups excluding carboxylic acids is 2. The predicted molar refractivity (Wildman–Crippen MR) is 61.8 cm³/mol. The number of carbonyl (C=O) groups is 2. The number of imide groups is 1. The van der Waals surface area contributed by atoms with E-state index in [1.165, 1.54) is 0 Å². The maximum absolute atomic E-state index is 11.4. The molecule has 4 heteroatoms. The predicted octanol–water partition coefficient (Wildman–Crippen LogP) is 1.98. The summed E-state index contributed by atoms with van der Waals surface area (Å²) in [6.45, 7) is 3.56. The van der Waals surface area contributed by atoms with E-state index in [0.29, 0.717) is 6.42 Å². The molecule has 0 aliphatic heterocycles. The molecule has 0 fully saturated rings. The molecular formula is C12H16N2O2. The van der Waals surface area contributed by atoms with E-state index in [1.807, 2.05) is 37.3 Å². The van der Waals surface area contributed by atoms with Gasteiger partial charge in [0.1, 0.15) is 0 Å². The summed E-state index contributed by atoms with van der Waals surface area (Å²) in [4.78, 5) is 22.3. The molecule has 1 rings (SSSR count). The first-order valence-electron chi connectivity index (χ1n) is 5.28. The fraction of sp³-hybridized carbons (Fsp3) is 0.333. The Balaban J connectivity index is 2.49. The quantitative estimate of drug-likeness (QED) is 0.818. The average Bonchev–Trinajstić information content (AvgIpc) is 2.29. The molecule has 0 saturated heterocycles. The van der Waals surface area contributed by atoms with Crippen molar-refractivity contribution in [3.8, 4) is 0 Å². The summed E-state index contributed by atoms with van der Waals surface area (Å²) in [5.41, 5.74) is 1.00. The lowest BCUT2D eigenvalue weighted by atomic mass is 10.1. The van der Waals surface area contributed by atoms with Gasteiger partial charge in [-0.2, -0.15) is 0 Å². The minimum absolute atomic E-state index is 0.120. The van der Waals surface area contributed by atoms with Gasteiger partial charge >= 0.3 is 6.03 Å². The van der Waals surface area contributed by atoms with Crippen molar-refractivity contribution in [3.05, 3.63) is 35.9 Å². The van der Waals surface area contributed by atoms with Crippen molar-refractivity contribution in [1.29, 1.82) is 0 Å². The van der Waals surface area contributed by atoms with Gasteiger partial charge in [-0.05, 0) is 12.5 Å². The van der Waals surface area contributed by atoms with Crippen molar-refractivity contribution in [3.63, 3.8) is 0 Å². The van der Waals surface area contributed by atoms with Crippen LogP contribution in [0.1, 0.15) is 31.9 Å². The number of benzene rings is 1. The second-order valence-corrected chi connectivity index (χ2v) is 3.51. The molecule has 1 aromatic carbocycles. The van der Waals surface area contributed by atoms with Gasteiger partial charge in [-0.3, -0.25) is 10.1 Å². The molecule has 1 unspecified atom stereocenters. The highest BCUT2D eigenvalue weighted by Gasteiger charge is 2.10. The van der Waals surface area contributed by atoms with Crippen LogP contribution in [0.25, 0.3) is 0 Å². The molecule has 0 bridgehead atoms. The van der Waals surface area contributed by atoms with Gasteiger partial charge in [-0.15, -0.1) is 0 Å². The molecule has 0 heterocycles. The van der Waals surface area contributed by atoms with Crippen LogP contribution in [0.15, 0.2) is 30.3 Å². The molecule has 0 aromatic heterocycles. The van der Waals surface area contributed by atoms with Crippen LogP contribution in [-0.4, -0.2) is 11.9 Å². The third-order valence-electron chi connectivity index (χ3n) is 2.22. The number of rotatable bonds is 3. The smallest absolute Gasteiger partial charge is 0.321 e. The van der Waals surface area contributed by atoms with Crippen molar-refractivity contribution >= 4 is 11.9 Å². The molecular weight excluding hydrogens is 204 g/mol. The Morgan fingerprint density at radius 3 is 2.44 bits per heavy atom. The third-order valence-corrected chi connectivity index (χ3v) is 2.22. The molecule has 16 heavy (non-hydrogen) atoms. The lowest BCUT2D eigenvalue weighted by Gasteiger charge is -2.14. The topological polar surface area (TPSA) is 58.2 Å². The first-order chi connectivity index (χ1) is 7.63. The first-order valence-corrected chi connectivity index (χ1v) is 5.28. The fourth-order valence-electron chi connectivity index (χ4n) is 1.27. The second kappa shape index (κ2) is 5.90. The summed E-state index contributed by atoms with van der Waals surface area (Å²) in [6, 6.07) is 9.00. The van der Waals surface area contributed by atoms with Crippen LogP contribution < -0.4 is 10.6 Å². The molecule has 86 valence electrons. The highest BCUT2D eigenvalue weighted by molar-refractivity contribution is 5.94. The largest absolute Gasteiger partial charge is 0.331 e. The molecule has 0 aliphatic carbocycles. The highest BCUT2D eigenvalue weighted by atomic mass is 16.2. The third kappa shape index (κ3) is 3.73. The van der Waals surface area contributed by atoms with Crippen molar-refractivity contribution in [2.45, 2.75) is 26.3 Å². The van der Waals surface area contributed by atoms with Crippen LogP contribution >= 0.6 is 0 Å². The van der Waals surface area contributed by atoms with Gasteiger partial charge in [0.05, 0.1) is 6.04 Å². The van der Waals surface area contributed by atoms with Gasteiger partial charge in [-0.1, -0.05) is 37.3 Å². The molecule has 0 spiro atoms. The zero-order valence-electron chi connectivity index (χ0n) is 9.49. The highest BCUT2D eigenvalue weighted by Crippen LogP contribution is 2.10. The van der Waals surface area contributed by atoms with Crippen LogP contribution in [0.3, 0.4) is 0 Å². The lowest BCUT2D eigenvalue weighted by molar-refractivity contribution is -0.119.